The van der Waals surface area contributed by atoms with E-state index in [9.17, 15) is 4.79 Å². The second kappa shape index (κ2) is 9.74. The Morgan fingerprint density at radius 1 is 1.15 bits per heavy atom. The Hall–Kier alpha value is -2.31. The van der Waals surface area contributed by atoms with Gasteiger partial charge in [-0.3, -0.25) is 14.6 Å². The summed E-state index contributed by atoms with van der Waals surface area (Å²) in [7, 11) is 0. The Balaban J connectivity index is 1.00. The van der Waals surface area contributed by atoms with Gasteiger partial charge in [-0.1, -0.05) is 24.1 Å². The quantitative estimate of drug-likeness (QED) is 0.395. The van der Waals surface area contributed by atoms with Crippen LogP contribution in [0.4, 0.5) is 0 Å². The molecule has 0 radical (unpaired) electrons. The van der Waals surface area contributed by atoms with Gasteiger partial charge in [-0.15, -0.1) is 0 Å². The van der Waals surface area contributed by atoms with Crippen LogP contribution in [-0.2, 0) is 4.79 Å². The Morgan fingerprint density at radius 2 is 2.09 bits per heavy atom. The van der Waals surface area contributed by atoms with Crippen molar-refractivity contribution < 1.29 is 14.3 Å². The fourth-order valence-corrected chi connectivity index (χ4v) is 7.08. The lowest BCUT2D eigenvalue weighted by atomic mass is 9.68. The molecule has 0 aromatic heterocycles. The second-order valence-electron chi connectivity index (χ2n) is 10.6. The molecule has 6 heteroatoms. The molecule has 182 valence electrons. The van der Waals surface area contributed by atoms with Crippen LogP contribution in [0.3, 0.4) is 0 Å². The minimum Gasteiger partial charge on any atom is -0.454 e. The lowest BCUT2D eigenvalue weighted by molar-refractivity contribution is -0.116. The number of amides is 1. The number of carbonyl (C=O) groups is 1. The highest BCUT2D eigenvalue weighted by Crippen LogP contribution is 2.45. The summed E-state index contributed by atoms with van der Waals surface area (Å²) in [5.41, 5.74) is 2.67. The number of fused-ring (bicyclic) bond motifs is 7. The maximum Gasteiger partial charge on any atom is 0.243 e. The molecule has 3 fully saturated rings. The van der Waals surface area contributed by atoms with Crippen molar-refractivity contribution in [1.82, 2.24) is 15.1 Å². The first-order valence-electron chi connectivity index (χ1n) is 13.3. The number of benzene rings is 1. The molecule has 0 spiro atoms. The standard InChI is InChI=1S/C28H37N3O3/c32-27(10-8-20-7-9-25-26(15-20)34-19-33-25)29-11-4-14-30-13-3-5-21-16-22-17-23(28(21)30)18-31-12-2-1-6-24(22)31/h7-10,15-16,22-24,28H,1-6,11-14,17-19H2,(H,29,32)/b10-8+/t22-,23+,24+,28+/m0/s1. The molecular weight excluding hydrogens is 426 g/mol. The number of hydrogen-bond acceptors (Lipinski definition) is 5. The Bertz CT molecular complexity index is 974. The SMILES string of the molecule is O=C(/C=C/c1ccc2c(c1)OCO2)NCCCN1CCCC2=C[C@H]3C[C@H](CN4CCCC[C@H]34)[C@@H]21. The van der Waals surface area contributed by atoms with Crippen LogP contribution < -0.4 is 14.8 Å². The smallest absolute Gasteiger partial charge is 0.243 e. The number of likely N-dealkylation sites (tertiary alicyclic amines) is 1. The van der Waals surface area contributed by atoms with Gasteiger partial charge in [-0.2, -0.15) is 0 Å². The first-order valence-corrected chi connectivity index (χ1v) is 13.3. The molecule has 2 bridgehead atoms. The molecule has 34 heavy (non-hydrogen) atoms. The van der Waals surface area contributed by atoms with E-state index in [0.717, 1.165) is 47.9 Å². The van der Waals surface area contributed by atoms with Gasteiger partial charge in [-0.05, 0) is 87.2 Å². The molecule has 0 unspecified atom stereocenters. The van der Waals surface area contributed by atoms with Crippen molar-refractivity contribution in [2.45, 2.75) is 57.0 Å². The van der Waals surface area contributed by atoms with E-state index in [2.05, 4.69) is 21.2 Å². The third-order valence-electron chi connectivity index (χ3n) is 8.51. The first-order chi connectivity index (χ1) is 16.7. The van der Waals surface area contributed by atoms with Crippen molar-refractivity contribution in [2.75, 3.05) is 39.5 Å². The molecule has 1 aromatic carbocycles. The maximum absolute atomic E-state index is 12.3. The fourth-order valence-electron chi connectivity index (χ4n) is 7.08. The molecule has 4 heterocycles. The second-order valence-corrected chi connectivity index (χ2v) is 10.6. The molecule has 1 N–H and O–H groups in total. The lowest BCUT2D eigenvalue weighted by Crippen LogP contribution is -2.59. The van der Waals surface area contributed by atoms with Gasteiger partial charge in [0.2, 0.25) is 12.7 Å². The average Bonchev–Trinajstić information content (AvgIpc) is 3.33. The number of nitrogens with one attached hydrogen (secondary N) is 1. The Labute approximate surface area is 203 Å². The van der Waals surface area contributed by atoms with Crippen molar-refractivity contribution in [2.24, 2.45) is 11.8 Å². The predicted octanol–water partition coefficient (Wildman–Crippen LogP) is 3.83. The van der Waals surface area contributed by atoms with Crippen LogP contribution in [0.2, 0.25) is 0 Å². The van der Waals surface area contributed by atoms with Gasteiger partial charge in [0.05, 0.1) is 0 Å². The van der Waals surface area contributed by atoms with Crippen molar-refractivity contribution in [1.29, 1.82) is 0 Å². The van der Waals surface area contributed by atoms with Gasteiger partial charge in [0.1, 0.15) is 0 Å². The van der Waals surface area contributed by atoms with E-state index in [0.29, 0.717) is 12.6 Å². The van der Waals surface area contributed by atoms with E-state index >= 15 is 0 Å². The molecule has 6 nitrogen and oxygen atoms in total. The highest BCUT2D eigenvalue weighted by Gasteiger charge is 2.45. The number of piperidine rings is 3. The Morgan fingerprint density at radius 3 is 3.06 bits per heavy atom. The first kappa shape index (κ1) is 22.2. The normalized spacial score (nSPS) is 30.5. The molecule has 1 amide bonds. The van der Waals surface area contributed by atoms with E-state index in [1.165, 1.54) is 58.2 Å². The largest absolute Gasteiger partial charge is 0.454 e. The monoisotopic (exact) mass is 463 g/mol. The van der Waals surface area contributed by atoms with Gasteiger partial charge in [0, 0.05) is 37.8 Å². The third-order valence-corrected chi connectivity index (χ3v) is 8.51. The minimum absolute atomic E-state index is 0.0409. The molecular formula is C28H37N3O3. The highest BCUT2D eigenvalue weighted by atomic mass is 16.7. The minimum atomic E-state index is -0.0409. The summed E-state index contributed by atoms with van der Waals surface area (Å²) in [6, 6.07) is 7.17. The van der Waals surface area contributed by atoms with Crippen molar-refractivity contribution in [3.05, 3.63) is 41.5 Å². The summed E-state index contributed by atoms with van der Waals surface area (Å²) >= 11 is 0. The summed E-state index contributed by atoms with van der Waals surface area (Å²) in [6.45, 7) is 5.84. The van der Waals surface area contributed by atoms with Crippen LogP contribution in [0.15, 0.2) is 35.9 Å². The van der Waals surface area contributed by atoms with E-state index in [1.807, 2.05) is 24.3 Å². The molecule has 4 aliphatic heterocycles. The molecule has 5 aliphatic rings. The number of carbonyl (C=O) groups excluding carboxylic acids is 1. The molecule has 1 aliphatic carbocycles. The van der Waals surface area contributed by atoms with Crippen LogP contribution in [0.1, 0.15) is 50.5 Å². The average molecular weight is 464 g/mol. The molecule has 3 saturated heterocycles. The van der Waals surface area contributed by atoms with Gasteiger partial charge in [0.15, 0.2) is 11.5 Å². The van der Waals surface area contributed by atoms with E-state index < -0.39 is 0 Å². The zero-order chi connectivity index (χ0) is 22.9. The van der Waals surface area contributed by atoms with Gasteiger partial charge in [0.25, 0.3) is 0 Å². The van der Waals surface area contributed by atoms with Crippen LogP contribution in [-0.4, -0.2) is 67.3 Å². The zero-order valence-electron chi connectivity index (χ0n) is 20.1. The highest BCUT2D eigenvalue weighted by molar-refractivity contribution is 5.91. The van der Waals surface area contributed by atoms with Crippen LogP contribution in [0.25, 0.3) is 6.08 Å². The van der Waals surface area contributed by atoms with Crippen LogP contribution in [0.5, 0.6) is 11.5 Å². The van der Waals surface area contributed by atoms with Gasteiger partial charge >= 0.3 is 0 Å². The van der Waals surface area contributed by atoms with Crippen molar-refractivity contribution in [3.8, 4) is 11.5 Å². The van der Waals surface area contributed by atoms with Gasteiger partial charge in [-0.25, -0.2) is 0 Å². The summed E-state index contributed by atoms with van der Waals surface area (Å²) in [5, 5.41) is 3.07. The summed E-state index contributed by atoms with van der Waals surface area (Å²) < 4.78 is 10.7. The molecule has 1 aromatic rings. The number of rotatable bonds is 6. The molecule has 6 rings (SSSR count). The summed E-state index contributed by atoms with van der Waals surface area (Å²) in [5.74, 6) is 3.04. The van der Waals surface area contributed by atoms with Crippen LogP contribution in [0, 0.1) is 11.8 Å². The van der Waals surface area contributed by atoms with E-state index in [-0.39, 0.29) is 12.7 Å². The predicted molar refractivity (Wildman–Crippen MR) is 133 cm³/mol. The summed E-state index contributed by atoms with van der Waals surface area (Å²) in [4.78, 5) is 17.9. The lowest BCUT2D eigenvalue weighted by Gasteiger charge is -2.54. The fraction of sp³-hybridized carbons (Fsp3) is 0.607. The van der Waals surface area contributed by atoms with Crippen molar-refractivity contribution in [3.63, 3.8) is 0 Å². The Kier molecular flexibility index (Phi) is 6.35. The zero-order valence-corrected chi connectivity index (χ0v) is 20.1. The van der Waals surface area contributed by atoms with Crippen LogP contribution >= 0.6 is 0 Å². The molecule has 0 saturated carbocycles. The number of hydrogen-bond donors (Lipinski definition) is 1. The van der Waals surface area contributed by atoms with E-state index in [1.54, 1.807) is 11.6 Å². The van der Waals surface area contributed by atoms with E-state index in [4.69, 9.17) is 9.47 Å². The number of nitrogens with zero attached hydrogens (tertiary/aromatic N) is 2. The summed E-state index contributed by atoms with van der Waals surface area (Å²) in [6.07, 6.45) is 15.3. The van der Waals surface area contributed by atoms with Crippen molar-refractivity contribution >= 4 is 12.0 Å². The topological polar surface area (TPSA) is 54.0 Å². The molecule has 4 atom stereocenters. The maximum atomic E-state index is 12.3. The number of ether oxygens (including phenoxy) is 2. The third kappa shape index (κ3) is 4.50. The van der Waals surface area contributed by atoms with Gasteiger partial charge < -0.3 is 14.8 Å².